The fraction of sp³-hybridized carbons (Fsp3) is 0.750. The molecular weight excluding hydrogens is 204 g/mol. The number of ether oxygens (including phenoxy) is 1. The molecule has 0 aromatic carbocycles. The quantitative estimate of drug-likeness (QED) is 0.655. The molecule has 1 N–H and O–H groups in total. The van der Waals surface area contributed by atoms with Gasteiger partial charge in [0.25, 0.3) is 0 Å². The van der Waals surface area contributed by atoms with Gasteiger partial charge in [-0.05, 0) is 6.42 Å². The van der Waals surface area contributed by atoms with Crippen molar-refractivity contribution in [3.8, 4) is 0 Å². The van der Waals surface area contributed by atoms with Crippen LogP contribution in [-0.2, 0) is 17.7 Å². The topological polar surface area (TPSA) is 47.3 Å². The fourth-order valence-electron chi connectivity index (χ4n) is 1.28. The van der Waals surface area contributed by atoms with E-state index in [1.165, 1.54) is 6.42 Å². The van der Waals surface area contributed by atoms with E-state index in [4.69, 9.17) is 9.15 Å². The van der Waals surface area contributed by atoms with Crippen LogP contribution < -0.4 is 5.32 Å². The van der Waals surface area contributed by atoms with E-state index < -0.39 is 0 Å². The lowest BCUT2D eigenvalue weighted by Crippen LogP contribution is -2.19. The lowest BCUT2D eigenvalue weighted by Gasteiger charge is -2.03. The number of nitrogens with one attached hydrogen (secondary N) is 1. The number of oxazole rings is 1. The molecule has 92 valence electrons. The molecule has 4 nitrogen and oxygen atoms in total. The minimum Gasteiger partial charge on any atom is -0.444 e. The average molecular weight is 226 g/mol. The van der Waals surface area contributed by atoms with E-state index in [9.17, 15) is 0 Å². The molecule has 0 radical (unpaired) electrons. The van der Waals surface area contributed by atoms with E-state index in [2.05, 4.69) is 24.1 Å². The van der Waals surface area contributed by atoms with Crippen molar-refractivity contribution in [3.63, 3.8) is 0 Å². The maximum absolute atomic E-state index is 5.46. The van der Waals surface area contributed by atoms with Gasteiger partial charge < -0.3 is 14.5 Å². The Kier molecular flexibility index (Phi) is 6.85. The fourth-order valence-corrected chi connectivity index (χ4v) is 1.28. The van der Waals surface area contributed by atoms with Gasteiger partial charge in [0.15, 0.2) is 0 Å². The van der Waals surface area contributed by atoms with Crippen LogP contribution in [0.1, 0.15) is 38.3 Å². The van der Waals surface area contributed by atoms with Gasteiger partial charge in [-0.25, -0.2) is 4.98 Å². The summed E-state index contributed by atoms with van der Waals surface area (Å²) in [7, 11) is 0. The first-order valence-electron chi connectivity index (χ1n) is 6.08. The largest absolute Gasteiger partial charge is 0.444 e. The highest BCUT2D eigenvalue weighted by Crippen LogP contribution is 2.03. The Balaban J connectivity index is 1.98. The van der Waals surface area contributed by atoms with Crippen molar-refractivity contribution in [3.05, 3.63) is 17.8 Å². The molecule has 1 heterocycles. The zero-order valence-electron chi connectivity index (χ0n) is 10.3. The molecule has 0 aliphatic carbocycles. The van der Waals surface area contributed by atoms with Gasteiger partial charge in [-0.3, -0.25) is 0 Å². The standard InChI is InChI=1S/C12H22N2O2/c1-3-5-7-15-8-6-13-10-12-14-9-11(4-2)16-12/h9,13H,3-8,10H2,1-2H3. The Hall–Kier alpha value is -0.870. The van der Waals surface area contributed by atoms with Crippen LogP contribution in [0.2, 0.25) is 0 Å². The van der Waals surface area contributed by atoms with Crippen molar-refractivity contribution >= 4 is 0 Å². The zero-order valence-corrected chi connectivity index (χ0v) is 10.3. The van der Waals surface area contributed by atoms with Gasteiger partial charge >= 0.3 is 0 Å². The molecule has 1 aromatic heterocycles. The number of hydrogen-bond donors (Lipinski definition) is 1. The Bertz CT molecular complexity index is 274. The van der Waals surface area contributed by atoms with Crippen molar-refractivity contribution in [2.45, 2.75) is 39.7 Å². The first-order chi connectivity index (χ1) is 7.86. The summed E-state index contributed by atoms with van der Waals surface area (Å²) in [5.74, 6) is 1.70. The molecule has 0 fully saturated rings. The van der Waals surface area contributed by atoms with Crippen LogP contribution in [-0.4, -0.2) is 24.7 Å². The first kappa shape index (κ1) is 13.2. The average Bonchev–Trinajstić information content (AvgIpc) is 2.76. The van der Waals surface area contributed by atoms with Crippen molar-refractivity contribution in [2.24, 2.45) is 0 Å². The van der Waals surface area contributed by atoms with Gasteiger partial charge in [0.1, 0.15) is 5.76 Å². The number of unbranched alkanes of at least 4 members (excludes halogenated alkanes) is 1. The van der Waals surface area contributed by atoms with Crippen LogP contribution in [0.5, 0.6) is 0 Å². The summed E-state index contributed by atoms with van der Waals surface area (Å²) in [5, 5.41) is 3.23. The second-order valence-electron chi connectivity index (χ2n) is 3.72. The van der Waals surface area contributed by atoms with E-state index >= 15 is 0 Å². The van der Waals surface area contributed by atoms with Crippen LogP contribution in [0.4, 0.5) is 0 Å². The summed E-state index contributed by atoms with van der Waals surface area (Å²) in [6, 6.07) is 0. The molecule has 0 unspecified atom stereocenters. The second kappa shape index (κ2) is 8.30. The third kappa shape index (κ3) is 5.28. The van der Waals surface area contributed by atoms with Crippen LogP contribution in [0.3, 0.4) is 0 Å². The monoisotopic (exact) mass is 226 g/mol. The maximum Gasteiger partial charge on any atom is 0.208 e. The number of nitrogens with zero attached hydrogens (tertiary/aromatic N) is 1. The summed E-state index contributed by atoms with van der Waals surface area (Å²) in [6.45, 7) is 7.35. The molecule has 0 spiro atoms. The van der Waals surface area contributed by atoms with E-state index in [0.29, 0.717) is 6.54 Å². The van der Waals surface area contributed by atoms with Crippen LogP contribution in [0.15, 0.2) is 10.6 Å². The molecule has 1 rings (SSSR count). The van der Waals surface area contributed by atoms with Gasteiger partial charge in [0, 0.05) is 19.6 Å². The predicted molar refractivity (Wildman–Crippen MR) is 63.3 cm³/mol. The van der Waals surface area contributed by atoms with E-state index in [0.717, 1.165) is 44.3 Å². The molecule has 1 aromatic rings. The van der Waals surface area contributed by atoms with Crippen LogP contribution in [0, 0.1) is 0 Å². The van der Waals surface area contributed by atoms with Crippen LogP contribution >= 0.6 is 0 Å². The molecule has 0 bridgehead atoms. The Morgan fingerprint density at radius 1 is 1.38 bits per heavy atom. The molecule has 0 saturated heterocycles. The van der Waals surface area contributed by atoms with Gasteiger partial charge in [-0.1, -0.05) is 20.3 Å². The number of hydrogen-bond acceptors (Lipinski definition) is 4. The van der Waals surface area contributed by atoms with Crippen LogP contribution in [0.25, 0.3) is 0 Å². The normalized spacial score (nSPS) is 10.9. The van der Waals surface area contributed by atoms with Gasteiger partial charge in [0.05, 0.1) is 19.3 Å². The summed E-state index contributed by atoms with van der Waals surface area (Å²) in [4.78, 5) is 4.16. The number of aromatic nitrogens is 1. The highest BCUT2D eigenvalue weighted by atomic mass is 16.5. The molecule has 4 heteroatoms. The minimum atomic E-state index is 0.678. The smallest absolute Gasteiger partial charge is 0.208 e. The number of rotatable bonds is 9. The summed E-state index contributed by atoms with van der Waals surface area (Å²) in [6.07, 6.45) is 5.00. The van der Waals surface area contributed by atoms with Gasteiger partial charge in [0.2, 0.25) is 5.89 Å². The van der Waals surface area contributed by atoms with Crippen molar-refractivity contribution in [2.75, 3.05) is 19.8 Å². The summed E-state index contributed by atoms with van der Waals surface area (Å²) < 4.78 is 10.9. The molecule has 0 saturated carbocycles. The molecule has 0 atom stereocenters. The molecule has 0 aliphatic heterocycles. The highest BCUT2D eigenvalue weighted by Gasteiger charge is 2.00. The summed E-state index contributed by atoms with van der Waals surface area (Å²) >= 11 is 0. The van der Waals surface area contributed by atoms with E-state index in [-0.39, 0.29) is 0 Å². The Morgan fingerprint density at radius 2 is 2.25 bits per heavy atom. The minimum absolute atomic E-state index is 0.678. The SMILES string of the molecule is CCCCOCCNCc1ncc(CC)o1. The van der Waals surface area contributed by atoms with E-state index in [1.54, 1.807) is 6.20 Å². The first-order valence-corrected chi connectivity index (χ1v) is 6.08. The highest BCUT2D eigenvalue weighted by molar-refractivity contribution is 4.93. The second-order valence-corrected chi connectivity index (χ2v) is 3.72. The van der Waals surface area contributed by atoms with Crippen molar-refractivity contribution in [1.82, 2.24) is 10.3 Å². The lowest BCUT2D eigenvalue weighted by molar-refractivity contribution is 0.132. The van der Waals surface area contributed by atoms with Gasteiger partial charge in [-0.2, -0.15) is 0 Å². The van der Waals surface area contributed by atoms with E-state index in [1.807, 2.05) is 0 Å². The maximum atomic E-state index is 5.46. The Morgan fingerprint density at radius 3 is 2.94 bits per heavy atom. The number of aryl methyl sites for hydroxylation is 1. The third-order valence-electron chi connectivity index (χ3n) is 2.29. The lowest BCUT2D eigenvalue weighted by atomic mass is 10.4. The summed E-state index contributed by atoms with van der Waals surface area (Å²) in [5.41, 5.74) is 0. The zero-order chi connectivity index (χ0) is 11.6. The Labute approximate surface area is 97.4 Å². The molecule has 0 aliphatic rings. The van der Waals surface area contributed by atoms with Crippen molar-refractivity contribution < 1.29 is 9.15 Å². The molecule has 16 heavy (non-hydrogen) atoms. The molecule has 0 amide bonds. The third-order valence-corrected chi connectivity index (χ3v) is 2.29. The predicted octanol–water partition coefficient (Wildman–Crippen LogP) is 2.14. The molecular formula is C12H22N2O2. The van der Waals surface area contributed by atoms with Crippen molar-refractivity contribution in [1.29, 1.82) is 0 Å². The van der Waals surface area contributed by atoms with Gasteiger partial charge in [-0.15, -0.1) is 0 Å².